The Balaban J connectivity index is 1.95. The van der Waals surface area contributed by atoms with Gasteiger partial charge in [0.05, 0.1) is 6.61 Å². The Hall–Kier alpha value is -2.03. The van der Waals surface area contributed by atoms with Gasteiger partial charge in [0.1, 0.15) is 5.56 Å². The minimum Gasteiger partial charge on any atom is -0.448 e. The van der Waals surface area contributed by atoms with Gasteiger partial charge in [-0.2, -0.15) is 0 Å². The molecule has 0 aromatic carbocycles. The number of fused-ring (bicyclic) bond motifs is 1. The summed E-state index contributed by atoms with van der Waals surface area (Å²) in [6.45, 7) is 4.54. The highest BCUT2D eigenvalue weighted by atomic mass is 32.2. The van der Waals surface area contributed by atoms with E-state index in [1.54, 1.807) is 0 Å². The van der Waals surface area contributed by atoms with E-state index in [-0.39, 0.29) is 18.1 Å². The topological polar surface area (TPSA) is 102 Å². The van der Waals surface area contributed by atoms with Gasteiger partial charge >= 0.3 is 6.09 Å². The molecule has 0 spiro atoms. The molecule has 0 bridgehead atoms. The molecule has 1 aromatic heterocycles. The van der Waals surface area contributed by atoms with Gasteiger partial charge in [-0.05, 0) is 5.92 Å². The summed E-state index contributed by atoms with van der Waals surface area (Å²) < 4.78 is 6.27. The van der Waals surface area contributed by atoms with Crippen molar-refractivity contribution in [2.24, 2.45) is 5.92 Å². The minimum atomic E-state index is -0.776. The van der Waals surface area contributed by atoms with Crippen LogP contribution in [0.15, 0.2) is 16.1 Å². The van der Waals surface area contributed by atoms with Crippen molar-refractivity contribution in [3.8, 4) is 0 Å². The Labute approximate surface area is 125 Å². The Bertz CT molecular complexity index is 614. The summed E-state index contributed by atoms with van der Waals surface area (Å²) in [5, 5.41) is 0.598. The summed E-state index contributed by atoms with van der Waals surface area (Å²) >= 11 is 1.46. The Morgan fingerprint density at radius 2 is 2.24 bits per heavy atom. The van der Waals surface area contributed by atoms with Crippen LogP contribution in [-0.2, 0) is 11.3 Å². The SMILES string of the molecule is CC(C)COC(=O)NNC(=O)c1cnc2n(c1=O)CCS2. The Kier molecular flexibility index (Phi) is 4.84. The molecule has 114 valence electrons. The molecule has 2 amide bonds. The number of aromatic nitrogens is 2. The molecule has 9 heteroatoms. The lowest BCUT2D eigenvalue weighted by Gasteiger charge is -2.10. The van der Waals surface area contributed by atoms with Gasteiger partial charge in [-0.1, -0.05) is 25.6 Å². The number of carbonyl (C=O) groups is 2. The van der Waals surface area contributed by atoms with E-state index in [0.29, 0.717) is 11.7 Å². The molecule has 8 nitrogen and oxygen atoms in total. The van der Waals surface area contributed by atoms with Crippen LogP contribution in [0.5, 0.6) is 0 Å². The first-order valence-corrected chi connectivity index (χ1v) is 7.43. The molecule has 2 heterocycles. The number of nitrogens with zero attached hydrogens (tertiary/aromatic N) is 2. The molecule has 0 saturated heterocycles. The van der Waals surface area contributed by atoms with E-state index in [0.717, 1.165) is 5.75 Å². The minimum absolute atomic E-state index is 0.120. The van der Waals surface area contributed by atoms with Crippen molar-refractivity contribution in [3.05, 3.63) is 22.1 Å². The third-order valence-corrected chi connectivity index (χ3v) is 3.60. The van der Waals surface area contributed by atoms with E-state index in [1.807, 2.05) is 13.8 Å². The Morgan fingerprint density at radius 3 is 2.95 bits per heavy atom. The van der Waals surface area contributed by atoms with E-state index < -0.39 is 17.6 Å². The van der Waals surface area contributed by atoms with E-state index in [1.165, 1.54) is 22.5 Å². The van der Waals surface area contributed by atoms with E-state index in [2.05, 4.69) is 15.8 Å². The molecule has 1 aliphatic rings. The highest BCUT2D eigenvalue weighted by Crippen LogP contribution is 2.20. The monoisotopic (exact) mass is 312 g/mol. The van der Waals surface area contributed by atoms with Crippen LogP contribution in [0.4, 0.5) is 4.79 Å². The van der Waals surface area contributed by atoms with E-state index in [4.69, 9.17) is 4.74 Å². The average Bonchev–Trinajstić information content (AvgIpc) is 2.92. The molecule has 1 aliphatic heterocycles. The predicted octanol–water partition coefficient (Wildman–Crippen LogP) is 0.376. The number of amides is 2. The van der Waals surface area contributed by atoms with Crippen molar-refractivity contribution in [1.82, 2.24) is 20.4 Å². The zero-order valence-electron chi connectivity index (χ0n) is 11.7. The summed E-state index contributed by atoms with van der Waals surface area (Å²) in [5.74, 6) is 0.225. The van der Waals surface area contributed by atoms with Gasteiger partial charge in [-0.3, -0.25) is 19.6 Å². The van der Waals surface area contributed by atoms with Crippen molar-refractivity contribution in [1.29, 1.82) is 0 Å². The van der Waals surface area contributed by atoms with Crippen LogP contribution in [0.3, 0.4) is 0 Å². The zero-order chi connectivity index (χ0) is 15.4. The normalized spacial score (nSPS) is 12.9. The fourth-order valence-electron chi connectivity index (χ4n) is 1.63. The Morgan fingerprint density at radius 1 is 1.48 bits per heavy atom. The second kappa shape index (κ2) is 6.61. The van der Waals surface area contributed by atoms with Gasteiger partial charge in [0, 0.05) is 18.5 Å². The van der Waals surface area contributed by atoms with Gasteiger partial charge in [0.15, 0.2) is 5.16 Å². The van der Waals surface area contributed by atoms with Crippen molar-refractivity contribution >= 4 is 23.8 Å². The highest BCUT2D eigenvalue weighted by Gasteiger charge is 2.20. The largest absolute Gasteiger partial charge is 0.448 e. The number of rotatable bonds is 3. The molecular formula is C12H16N4O4S. The molecule has 2 rings (SSSR count). The lowest BCUT2D eigenvalue weighted by molar-refractivity contribution is 0.0898. The van der Waals surface area contributed by atoms with Crippen molar-refractivity contribution in [3.63, 3.8) is 0 Å². The molecule has 21 heavy (non-hydrogen) atoms. The number of hydrazine groups is 1. The van der Waals surface area contributed by atoms with Crippen molar-refractivity contribution < 1.29 is 14.3 Å². The molecule has 0 unspecified atom stereocenters. The maximum absolute atomic E-state index is 12.1. The zero-order valence-corrected chi connectivity index (χ0v) is 12.5. The first-order chi connectivity index (χ1) is 9.99. The quantitative estimate of drug-likeness (QED) is 0.618. The number of hydrogen-bond acceptors (Lipinski definition) is 6. The number of ether oxygens (including phenoxy) is 1. The molecule has 1 aromatic rings. The van der Waals surface area contributed by atoms with Gasteiger partial charge in [0.2, 0.25) is 0 Å². The second-order valence-corrected chi connectivity index (χ2v) is 5.89. The van der Waals surface area contributed by atoms with Crippen molar-refractivity contribution in [2.75, 3.05) is 12.4 Å². The van der Waals surface area contributed by atoms with Crippen LogP contribution in [-0.4, -0.2) is 33.9 Å². The lowest BCUT2D eigenvalue weighted by atomic mass is 10.2. The van der Waals surface area contributed by atoms with Gasteiger partial charge < -0.3 is 4.74 Å². The van der Waals surface area contributed by atoms with Crippen LogP contribution >= 0.6 is 11.8 Å². The molecule has 0 atom stereocenters. The molecule has 2 N–H and O–H groups in total. The van der Waals surface area contributed by atoms with Crippen LogP contribution in [0.25, 0.3) is 0 Å². The van der Waals surface area contributed by atoms with Crippen LogP contribution in [0.1, 0.15) is 24.2 Å². The van der Waals surface area contributed by atoms with Crippen LogP contribution in [0, 0.1) is 5.92 Å². The van der Waals surface area contributed by atoms with Gasteiger partial charge in [-0.25, -0.2) is 15.2 Å². The fraction of sp³-hybridized carbons (Fsp3) is 0.500. The number of hydrogen-bond donors (Lipinski definition) is 2. The third-order valence-electron chi connectivity index (χ3n) is 2.63. The molecule has 0 saturated carbocycles. The summed E-state index contributed by atoms with van der Waals surface area (Å²) in [5.41, 5.74) is 3.68. The molecule has 0 fully saturated rings. The van der Waals surface area contributed by atoms with E-state index >= 15 is 0 Å². The first kappa shape index (κ1) is 15.4. The number of carbonyl (C=O) groups excluding carboxylic acids is 2. The third kappa shape index (κ3) is 3.75. The van der Waals surface area contributed by atoms with Crippen LogP contribution in [0.2, 0.25) is 0 Å². The fourth-order valence-corrected chi connectivity index (χ4v) is 2.54. The lowest BCUT2D eigenvalue weighted by Crippen LogP contribution is -2.44. The molecular weight excluding hydrogens is 296 g/mol. The smallest absolute Gasteiger partial charge is 0.426 e. The highest BCUT2D eigenvalue weighted by molar-refractivity contribution is 7.99. The first-order valence-electron chi connectivity index (χ1n) is 6.44. The van der Waals surface area contributed by atoms with Gasteiger partial charge in [-0.15, -0.1) is 0 Å². The number of thioether (sulfide) groups is 1. The predicted molar refractivity (Wildman–Crippen MR) is 76.0 cm³/mol. The summed E-state index contributed by atoms with van der Waals surface area (Å²) in [7, 11) is 0. The molecule has 0 radical (unpaired) electrons. The second-order valence-electron chi connectivity index (χ2n) is 4.83. The maximum Gasteiger partial charge on any atom is 0.426 e. The standard InChI is InChI=1S/C12H16N4O4S/c1-7(2)6-20-12(19)15-14-9(17)8-5-13-11-16(10(8)18)3-4-21-11/h5,7H,3-4,6H2,1-2H3,(H,14,17)(H,15,19). The number of nitrogens with one attached hydrogen (secondary N) is 2. The van der Waals surface area contributed by atoms with Gasteiger partial charge in [0.25, 0.3) is 11.5 Å². The molecule has 0 aliphatic carbocycles. The average molecular weight is 312 g/mol. The summed E-state index contributed by atoms with van der Waals surface area (Å²) in [6, 6.07) is 0. The summed E-state index contributed by atoms with van der Waals surface area (Å²) in [6.07, 6.45) is 0.435. The van der Waals surface area contributed by atoms with E-state index in [9.17, 15) is 14.4 Å². The summed E-state index contributed by atoms with van der Waals surface area (Å²) in [4.78, 5) is 39.3. The van der Waals surface area contributed by atoms with Crippen molar-refractivity contribution in [2.45, 2.75) is 25.5 Å². The maximum atomic E-state index is 12.1. The van der Waals surface area contributed by atoms with Crippen LogP contribution < -0.4 is 16.4 Å².